The maximum Gasteiger partial charge on any atom is 0.387 e. The van der Waals surface area contributed by atoms with E-state index in [0.717, 1.165) is 16.7 Å². The van der Waals surface area contributed by atoms with Gasteiger partial charge in [0.2, 0.25) is 0 Å². The lowest BCUT2D eigenvalue weighted by molar-refractivity contribution is -0.0498. The van der Waals surface area contributed by atoms with E-state index in [0.29, 0.717) is 5.56 Å². The minimum Gasteiger partial charge on any atom is -0.435 e. The molecule has 2 nitrogen and oxygen atoms in total. The highest BCUT2D eigenvalue weighted by atomic mass is 19.3. The van der Waals surface area contributed by atoms with Crippen LogP contribution in [0.15, 0.2) is 36.4 Å². The van der Waals surface area contributed by atoms with Gasteiger partial charge in [0, 0.05) is 0 Å². The first-order valence-corrected chi connectivity index (χ1v) is 6.45. The van der Waals surface area contributed by atoms with Crippen molar-refractivity contribution in [1.82, 2.24) is 0 Å². The van der Waals surface area contributed by atoms with Crippen molar-refractivity contribution in [2.75, 3.05) is 0 Å². The van der Waals surface area contributed by atoms with Crippen molar-refractivity contribution in [3.05, 3.63) is 64.5 Å². The Morgan fingerprint density at radius 2 is 1.67 bits per heavy atom. The molecule has 2 N–H and O–H groups in total. The Balaban J connectivity index is 2.38. The van der Waals surface area contributed by atoms with Crippen molar-refractivity contribution in [1.29, 1.82) is 0 Å². The molecule has 0 aliphatic rings. The Morgan fingerprint density at radius 3 is 2.24 bits per heavy atom. The van der Waals surface area contributed by atoms with Crippen molar-refractivity contribution < 1.29 is 17.9 Å². The van der Waals surface area contributed by atoms with Gasteiger partial charge in [0.1, 0.15) is 11.6 Å². The predicted octanol–water partition coefficient (Wildman–Crippen LogP) is 4.09. The molecule has 0 aromatic heterocycles. The van der Waals surface area contributed by atoms with Gasteiger partial charge < -0.3 is 10.5 Å². The third-order valence-corrected chi connectivity index (χ3v) is 3.31. The minimum atomic E-state index is -2.88. The van der Waals surface area contributed by atoms with E-state index in [-0.39, 0.29) is 11.6 Å². The zero-order valence-corrected chi connectivity index (χ0v) is 11.7. The number of benzene rings is 2. The average Bonchev–Trinajstić information content (AvgIpc) is 2.36. The van der Waals surface area contributed by atoms with E-state index in [1.807, 2.05) is 0 Å². The summed E-state index contributed by atoms with van der Waals surface area (Å²) in [4.78, 5) is 0. The quantitative estimate of drug-likeness (QED) is 0.922. The molecule has 0 saturated heterocycles. The summed E-state index contributed by atoms with van der Waals surface area (Å²) < 4.78 is 42.2. The van der Waals surface area contributed by atoms with Crippen LogP contribution in [0.25, 0.3) is 0 Å². The van der Waals surface area contributed by atoms with Crippen molar-refractivity contribution in [3.63, 3.8) is 0 Å². The van der Waals surface area contributed by atoms with E-state index in [4.69, 9.17) is 5.73 Å². The molecular formula is C16H16F3NO. The van der Waals surface area contributed by atoms with E-state index >= 15 is 0 Å². The van der Waals surface area contributed by atoms with E-state index in [1.165, 1.54) is 24.3 Å². The highest BCUT2D eigenvalue weighted by molar-refractivity contribution is 5.43. The summed E-state index contributed by atoms with van der Waals surface area (Å²) in [5.41, 5.74) is 9.06. The minimum absolute atomic E-state index is 0.0513. The summed E-state index contributed by atoms with van der Waals surface area (Å²) in [6.45, 7) is 0.654. The van der Waals surface area contributed by atoms with Gasteiger partial charge in [-0.2, -0.15) is 8.78 Å². The van der Waals surface area contributed by atoms with Gasteiger partial charge in [-0.05, 0) is 60.4 Å². The lowest BCUT2D eigenvalue weighted by atomic mass is 9.92. The average molecular weight is 295 g/mol. The summed E-state index contributed by atoms with van der Waals surface area (Å²) in [5, 5.41) is 0. The summed E-state index contributed by atoms with van der Waals surface area (Å²) in [7, 11) is 0. The monoisotopic (exact) mass is 295 g/mol. The fraction of sp³-hybridized carbons (Fsp3) is 0.250. The van der Waals surface area contributed by atoms with Crippen LogP contribution in [0.1, 0.15) is 28.3 Å². The van der Waals surface area contributed by atoms with Gasteiger partial charge >= 0.3 is 6.61 Å². The van der Waals surface area contributed by atoms with Crippen LogP contribution in [0, 0.1) is 19.7 Å². The fourth-order valence-corrected chi connectivity index (χ4v) is 2.46. The van der Waals surface area contributed by atoms with Crippen molar-refractivity contribution in [3.8, 4) is 5.75 Å². The Bertz CT molecular complexity index is 620. The van der Waals surface area contributed by atoms with Crippen LogP contribution in [0.4, 0.5) is 13.2 Å². The van der Waals surface area contributed by atoms with Gasteiger partial charge in [-0.3, -0.25) is 0 Å². The molecule has 0 aliphatic carbocycles. The number of halogens is 3. The highest BCUT2D eigenvalue weighted by Crippen LogP contribution is 2.29. The van der Waals surface area contributed by atoms with E-state index in [2.05, 4.69) is 4.74 Å². The van der Waals surface area contributed by atoms with Gasteiger partial charge in [0.15, 0.2) is 0 Å². The van der Waals surface area contributed by atoms with E-state index in [1.54, 1.807) is 26.0 Å². The molecule has 1 unspecified atom stereocenters. The second-order valence-electron chi connectivity index (χ2n) is 4.88. The lowest BCUT2D eigenvalue weighted by Gasteiger charge is -2.19. The molecule has 5 heteroatoms. The first-order chi connectivity index (χ1) is 9.88. The molecule has 2 rings (SSSR count). The standard InChI is InChI=1S/C16H16F3NO/c1-9-6-12(17)7-10(2)14(9)15(20)11-4-3-5-13(8-11)21-16(18)19/h3-8,15-16H,20H2,1-2H3. The second kappa shape index (κ2) is 6.18. The van der Waals surface area contributed by atoms with Gasteiger partial charge in [0.25, 0.3) is 0 Å². The first-order valence-electron chi connectivity index (χ1n) is 6.45. The lowest BCUT2D eigenvalue weighted by Crippen LogP contribution is -2.15. The van der Waals surface area contributed by atoms with Gasteiger partial charge in [-0.1, -0.05) is 12.1 Å². The predicted molar refractivity (Wildman–Crippen MR) is 75.0 cm³/mol. The Morgan fingerprint density at radius 1 is 1.05 bits per heavy atom. The summed E-state index contributed by atoms with van der Waals surface area (Å²) in [5.74, 6) is -0.272. The first kappa shape index (κ1) is 15.4. The summed E-state index contributed by atoms with van der Waals surface area (Å²) >= 11 is 0. The van der Waals surface area contributed by atoms with E-state index < -0.39 is 12.7 Å². The summed E-state index contributed by atoms with van der Waals surface area (Å²) in [6.07, 6.45) is 0. The van der Waals surface area contributed by atoms with Crippen molar-refractivity contribution in [2.45, 2.75) is 26.5 Å². The molecular weight excluding hydrogens is 279 g/mol. The van der Waals surface area contributed by atoms with Crippen molar-refractivity contribution >= 4 is 0 Å². The molecule has 0 heterocycles. The van der Waals surface area contributed by atoms with Crippen LogP contribution in [0.5, 0.6) is 5.75 Å². The molecule has 112 valence electrons. The number of rotatable bonds is 4. The number of hydrogen-bond acceptors (Lipinski definition) is 2. The van der Waals surface area contributed by atoms with E-state index in [9.17, 15) is 13.2 Å². The number of ether oxygens (including phenoxy) is 1. The largest absolute Gasteiger partial charge is 0.435 e. The smallest absolute Gasteiger partial charge is 0.387 e. The molecule has 2 aromatic rings. The maximum absolute atomic E-state index is 13.3. The number of alkyl halides is 2. The van der Waals surface area contributed by atoms with Crippen LogP contribution < -0.4 is 10.5 Å². The Labute approximate surface area is 121 Å². The van der Waals surface area contributed by atoms with Crippen LogP contribution >= 0.6 is 0 Å². The fourth-order valence-electron chi connectivity index (χ4n) is 2.46. The zero-order valence-electron chi connectivity index (χ0n) is 11.7. The highest BCUT2D eigenvalue weighted by Gasteiger charge is 2.16. The summed E-state index contributed by atoms with van der Waals surface area (Å²) in [6, 6.07) is 8.51. The molecule has 0 saturated carbocycles. The number of hydrogen-bond donors (Lipinski definition) is 1. The van der Waals surface area contributed by atoms with Crippen LogP contribution in [0.2, 0.25) is 0 Å². The maximum atomic E-state index is 13.3. The molecule has 0 amide bonds. The molecule has 0 spiro atoms. The van der Waals surface area contributed by atoms with Crippen LogP contribution in [-0.4, -0.2) is 6.61 Å². The molecule has 21 heavy (non-hydrogen) atoms. The number of nitrogens with two attached hydrogens (primary N) is 1. The SMILES string of the molecule is Cc1cc(F)cc(C)c1C(N)c1cccc(OC(F)F)c1. The third kappa shape index (κ3) is 3.55. The molecule has 0 bridgehead atoms. The molecule has 0 radical (unpaired) electrons. The van der Waals surface area contributed by atoms with Crippen LogP contribution in [0.3, 0.4) is 0 Å². The zero-order chi connectivity index (χ0) is 15.6. The van der Waals surface area contributed by atoms with Crippen LogP contribution in [-0.2, 0) is 0 Å². The Kier molecular flexibility index (Phi) is 4.53. The number of aryl methyl sites for hydroxylation is 2. The molecule has 2 aromatic carbocycles. The van der Waals surface area contributed by atoms with Crippen molar-refractivity contribution in [2.24, 2.45) is 5.73 Å². The molecule has 0 fully saturated rings. The van der Waals surface area contributed by atoms with Gasteiger partial charge in [-0.25, -0.2) is 4.39 Å². The topological polar surface area (TPSA) is 35.2 Å². The molecule has 0 aliphatic heterocycles. The second-order valence-corrected chi connectivity index (χ2v) is 4.88. The van der Waals surface area contributed by atoms with Gasteiger partial charge in [0.05, 0.1) is 6.04 Å². The normalized spacial score (nSPS) is 12.5. The third-order valence-electron chi connectivity index (χ3n) is 3.31. The van der Waals surface area contributed by atoms with Gasteiger partial charge in [-0.15, -0.1) is 0 Å². The molecule has 1 atom stereocenters. The Hall–Kier alpha value is -2.01.